The van der Waals surface area contributed by atoms with Gasteiger partial charge in [-0.05, 0) is 26.2 Å². The molecule has 0 aromatic carbocycles. The molecule has 1 fully saturated rings. The molecule has 0 bridgehead atoms. The predicted octanol–water partition coefficient (Wildman–Crippen LogP) is 1.14. The Morgan fingerprint density at radius 2 is 2.25 bits per heavy atom. The van der Waals surface area contributed by atoms with Crippen LogP contribution >= 0.6 is 0 Å². The van der Waals surface area contributed by atoms with E-state index in [1.54, 1.807) is 18.8 Å². The molecule has 1 saturated carbocycles. The first-order valence-electron chi connectivity index (χ1n) is 5.30. The third-order valence-electron chi connectivity index (χ3n) is 3.30. The molecule has 0 unspecified atom stereocenters. The third kappa shape index (κ3) is 1.56. The molecule has 0 amide bonds. The number of methoxy groups -OCH3 is 1. The van der Waals surface area contributed by atoms with Crippen LogP contribution in [0.15, 0.2) is 0 Å². The quantitative estimate of drug-likeness (QED) is 0.833. The maximum atomic E-state index is 11.1. The van der Waals surface area contributed by atoms with Crippen molar-refractivity contribution < 1.29 is 14.6 Å². The zero-order chi connectivity index (χ0) is 11.9. The Morgan fingerprint density at radius 3 is 2.69 bits per heavy atom. The molecule has 0 radical (unpaired) electrons. The van der Waals surface area contributed by atoms with Crippen LogP contribution in [0.1, 0.15) is 24.1 Å². The van der Waals surface area contributed by atoms with E-state index < -0.39 is 11.4 Å². The normalized spacial score (nSPS) is 17.2. The number of aryl methyl sites for hydroxylation is 2. The number of aromatic nitrogens is 2. The summed E-state index contributed by atoms with van der Waals surface area (Å²) >= 11 is 0. The first-order valence-corrected chi connectivity index (χ1v) is 5.30. The van der Waals surface area contributed by atoms with Crippen molar-refractivity contribution >= 4 is 5.97 Å². The van der Waals surface area contributed by atoms with Crippen LogP contribution < -0.4 is 4.74 Å². The monoisotopic (exact) mass is 224 g/mol. The van der Waals surface area contributed by atoms with Crippen molar-refractivity contribution in [1.82, 2.24) is 9.78 Å². The zero-order valence-corrected chi connectivity index (χ0v) is 9.78. The Balaban J connectivity index is 2.31. The molecule has 0 saturated heterocycles. The summed E-state index contributed by atoms with van der Waals surface area (Å²) in [6.45, 7) is 1.88. The van der Waals surface area contributed by atoms with E-state index in [0.29, 0.717) is 12.3 Å². The largest absolute Gasteiger partial charge is 0.481 e. The summed E-state index contributed by atoms with van der Waals surface area (Å²) in [5.74, 6) is -0.0390. The number of hydrogen-bond acceptors (Lipinski definition) is 3. The number of aliphatic carboxylic acids is 1. The van der Waals surface area contributed by atoms with Crippen LogP contribution in [0.3, 0.4) is 0 Å². The number of carboxylic acids is 1. The molecule has 1 heterocycles. The number of carboxylic acid groups (broad SMARTS) is 1. The lowest BCUT2D eigenvalue weighted by Gasteiger charge is -2.10. The summed E-state index contributed by atoms with van der Waals surface area (Å²) in [5, 5.41) is 13.4. The smallest absolute Gasteiger partial charge is 0.309 e. The highest BCUT2D eigenvalue weighted by Crippen LogP contribution is 2.50. The molecule has 1 aliphatic rings. The van der Waals surface area contributed by atoms with E-state index >= 15 is 0 Å². The lowest BCUT2D eigenvalue weighted by Crippen LogP contribution is -2.18. The Labute approximate surface area is 94.0 Å². The molecule has 5 heteroatoms. The molecule has 1 N–H and O–H groups in total. The molecule has 1 aromatic rings. The van der Waals surface area contributed by atoms with Gasteiger partial charge in [-0.3, -0.25) is 4.79 Å². The standard InChI is InChI=1S/C11H16N2O3/c1-7-8(9(16-3)13(2)12-7)6-11(4-5-11)10(14)15/h4-6H2,1-3H3,(H,14,15). The number of nitrogens with zero attached hydrogens (tertiary/aromatic N) is 2. The van der Waals surface area contributed by atoms with Gasteiger partial charge < -0.3 is 9.84 Å². The van der Waals surface area contributed by atoms with Crippen LogP contribution in [0.25, 0.3) is 0 Å². The van der Waals surface area contributed by atoms with Gasteiger partial charge in [0.15, 0.2) is 0 Å². The molecule has 1 aromatic heterocycles. The van der Waals surface area contributed by atoms with Crippen LogP contribution in [0, 0.1) is 12.3 Å². The topological polar surface area (TPSA) is 64.3 Å². The fourth-order valence-corrected chi connectivity index (χ4v) is 2.10. The summed E-state index contributed by atoms with van der Waals surface area (Å²) in [6, 6.07) is 0. The minimum Gasteiger partial charge on any atom is -0.481 e. The molecule has 16 heavy (non-hydrogen) atoms. The van der Waals surface area contributed by atoms with Crippen molar-refractivity contribution in [2.45, 2.75) is 26.2 Å². The van der Waals surface area contributed by atoms with Gasteiger partial charge in [-0.25, -0.2) is 4.68 Å². The van der Waals surface area contributed by atoms with E-state index in [0.717, 1.165) is 24.1 Å². The number of ether oxygens (including phenoxy) is 1. The van der Waals surface area contributed by atoms with Gasteiger partial charge in [-0.1, -0.05) is 0 Å². The highest BCUT2D eigenvalue weighted by Gasteiger charge is 2.51. The number of rotatable bonds is 4. The second kappa shape index (κ2) is 3.50. The van der Waals surface area contributed by atoms with Crippen molar-refractivity contribution in [2.24, 2.45) is 12.5 Å². The highest BCUT2D eigenvalue weighted by atomic mass is 16.5. The SMILES string of the molecule is COc1c(CC2(C(=O)O)CC2)c(C)nn1C. The van der Waals surface area contributed by atoms with Crippen molar-refractivity contribution in [3.05, 3.63) is 11.3 Å². The van der Waals surface area contributed by atoms with Gasteiger partial charge >= 0.3 is 5.97 Å². The molecule has 0 aliphatic heterocycles. The van der Waals surface area contributed by atoms with Gasteiger partial charge in [0.1, 0.15) is 0 Å². The molecular formula is C11H16N2O3. The lowest BCUT2D eigenvalue weighted by atomic mass is 9.97. The summed E-state index contributed by atoms with van der Waals surface area (Å²) in [5.41, 5.74) is 1.21. The van der Waals surface area contributed by atoms with Crippen molar-refractivity contribution in [2.75, 3.05) is 7.11 Å². The summed E-state index contributed by atoms with van der Waals surface area (Å²) in [7, 11) is 3.38. The van der Waals surface area contributed by atoms with Gasteiger partial charge in [0.25, 0.3) is 0 Å². The minimum absolute atomic E-state index is 0.519. The minimum atomic E-state index is -0.710. The number of hydrogen-bond donors (Lipinski definition) is 1. The van der Waals surface area contributed by atoms with Crippen LogP contribution in [-0.4, -0.2) is 28.0 Å². The van der Waals surface area contributed by atoms with Crippen molar-refractivity contribution in [3.63, 3.8) is 0 Å². The summed E-state index contributed by atoms with van der Waals surface area (Å²) in [6.07, 6.45) is 2.02. The van der Waals surface area contributed by atoms with Crippen LogP contribution in [0.4, 0.5) is 0 Å². The Bertz CT molecular complexity index is 433. The second-order valence-corrected chi connectivity index (χ2v) is 4.46. The van der Waals surface area contributed by atoms with Gasteiger partial charge in [0, 0.05) is 12.6 Å². The Morgan fingerprint density at radius 1 is 1.62 bits per heavy atom. The highest BCUT2D eigenvalue weighted by molar-refractivity contribution is 5.78. The van der Waals surface area contributed by atoms with E-state index in [4.69, 9.17) is 9.84 Å². The third-order valence-corrected chi connectivity index (χ3v) is 3.30. The molecule has 0 spiro atoms. The van der Waals surface area contributed by atoms with E-state index in [1.165, 1.54) is 0 Å². The number of carbonyl (C=O) groups is 1. The molecule has 2 rings (SSSR count). The molecule has 0 atom stereocenters. The van der Waals surface area contributed by atoms with Gasteiger partial charge in [-0.2, -0.15) is 5.10 Å². The summed E-state index contributed by atoms with van der Waals surface area (Å²) in [4.78, 5) is 11.1. The van der Waals surface area contributed by atoms with E-state index in [-0.39, 0.29) is 0 Å². The van der Waals surface area contributed by atoms with Gasteiger partial charge in [-0.15, -0.1) is 0 Å². The van der Waals surface area contributed by atoms with Crippen molar-refractivity contribution in [1.29, 1.82) is 0 Å². The zero-order valence-electron chi connectivity index (χ0n) is 9.78. The maximum Gasteiger partial charge on any atom is 0.309 e. The molecule has 88 valence electrons. The predicted molar refractivity (Wildman–Crippen MR) is 57.5 cm³/mol. The van der Waals surface area contributed by atoms with Gasteiger partial charge in [0.2, 0.25) is 5.88 Å². The second-order valence-electron chi connectivity index (χ2n) is 4.46. The maximum absolute atomic E-state index is 11.1. The average Bonchev–Trinajstić information content (AvgIpc) is 2.92. The van der Waals surface area contributed by atoms with E-state index in [1.807, 2.05) is 6.92 Å². The fraction of sp³-hybridized carbons (Fsp3) is 0.636. The van der Waals surface area contributed by atoms with E-state index in [2.05, 4.69) is 5.10 Å². The van der Waals surface area contributed by atoms with Crippen LogP contribution in [0.2, 0.25) is 0 Å². The molecular weight excluding hydrogens is 208 g/mol. The summed E-state index contributed by atoms with van der Waals surface area (Å²) < 4.78 is 6.91. The van der Waals surface area contributed by atoms with Crippen molar-refractivity contribution in [3.8, 4) is 5.88 Å². The Hall–Kier alpha value is -1.52. The molecule has 1 aliphatic carbocycles. The van der Waals surface area contributed by atoms with Crippen LogP contribution in [-0.2, 0) is 18.3 Å². The van der Waals surface area contributed by atoms with E-state index in [9.17, 15) is 4.79 Å². The van der Waals surface area contributed by atoms with Crippen LogP contribution in [0.5, 0.6) is 5.88 Å². The lowest BCUT2D eigenvalue weighted by molar-refractivity contribution is -0.143. The Kier molecular flexibility index (Phi) is 2.40. The fourth-order valence-electron chi connectivity index (χ4n) is 2.10. The average molecular weight is 224 g/mol. The molecule has 5 nitrogen and oxygen atoms in total. The first-order chi connectivity index (χ1) is 7.50. The van der Waals surface area contributed by atoms with Gasteiger partial charge in [0.05, 0.1) is 18.2 Å². The first kappa shape index (κ1) is 11.0.